The summed E-state index contributed by atoms with van der Waals surface area (Å²) in [6.45, 7) is 7.61. The number of nitrogens with zero attached hydrogens (tertiary/aromatic N) is 1. The Morgan fingerprint density at radius 1 is 1.38 bits per heavy atom. The predicted molar refractivity (Wildman–Crippen MR) is 69.1 cm³/mol. The summed E-state index contributed by atoms with van der Waals surface area (Å²) >= 11 is 0. The number of anilines is 1. The molecule has 1 heterocycles. The molecule has 1 aliphatic rings. The van der Waals surface area contributed by atoms with Gasteiger partial charge in [0.15, 0.2) is 0 Å². The lowest BCUT2D eigenvalue weighted by atomic mass is 9.96. The van der Waals surface area contributed by atoms with Crippen LogP contribution < -0.4 is 9.64 Å². The van der Waals surface area contributed by atoms with E-state index in [1.54, 1.807) is 7.11 Å². The van der Waals surface area contributed by atoms with Crippen molar-refractivity contribution in [2.75, 3.05) is 18.6 Å². The molecule has 2 rings (SSSR count). The summed E-state index contributed by atoms with van der Waals surface area (Å²) in [5.41, 5.74) is 3.96. The Morgan fingerprint density at radius 2 is 2.12 bits per heavy atom. The average molecular weight is 217 g/mol. The topological polar surface area (TPSA) is 12.5 Å². The number of likely N-dealkylation sites (N-methyl/N-ethyl adjacent to an activating group) is 1. The third kappa shape index (κ3) is 1.69. The van der Waals surface area contributed by atoms with Gasteiger partial charge in [-0.1, -0.05) is 6.08 Å². The summed E-state index contributed by atoms with van der Waals surface area (Å²) in [5.74, 6) is 0.930. The molecule has 1 aliphatic heterocycles. The van der Waals surface area contributed by atoms with Gasteiger partial charge in [0.2, 0.25) is 0 Å². The van der Waals surface area contributed by atoms with Crippen LogP contribution in [0, 0.1) is 0 Å². The highest BCUT2D eigenvalue weighted by Crippen LogP contribution is 2.36. The SMILES string of the molecule is CCN1c2cc(OC)ccc2C(C)=CC1C. The maximum absolute atomic E-state index is 5.30. The molecule has 1 aromatic carbocycles. The van der Waals surface area contributed by atoms with Crippen LogP contribution in [-0.4, -0.2) is 19.7 Å². The van der Waals surface area contributed by atoms with Gasteiger partial charge in [0.05, 0.1) is 7.11 Å². The Balaban J connectivity index is 2.54. The second kappa shape index (κ2) is 4.20. The summed E-state index contributed by atoms with van der Waals surface area (Å²) in [6.07, 6.45) is 2.32. The smallest absolute Gasteiger partial charge is 0.120 e. The van der Waals surface area contributed by atoms with Gasteiger partial charge < -0.3 is 9.64 Å². The zero-order valence-electron chi connectivity index (χ0n) is 10.4. The van der Waals surface area contributed by atoms with E-state index in [9.17, 15) is 0 Å². The third-order valence-corrected chi connectivity index (χ3v) is 3.26. The molecule has 0 saturated carbocycles. The zero-order chi connectivity index (χ0) is 11.7. The molecule has 1 atom stereocenters. The fourth-order valence-electron chi connectivity index (χ4n) is 2.43. The maximum Gasteiger partial charge on any atom is 0.120 e. The lowest BCUT2D eigenvalue weighted by molar-refractivity contribution is 0.414. The lowest BCUT2D eigenvalue weighted by Gasteiger charge is -2.34. The molecule has 0 saturated heterocycles. The van der Waals surface area contributed by atoms with Gasteiger partial charge in [-0.05, 0) is 38.5 Å². The van der Waals surface area contributed by atoms with E-state index in [-0.39, 0.29) is 0 Å². The first kappa shape index (κ1) is 11.1. The van der Waals surface area contributed by atoms with Gasteiger partial charge in [0, 0.05) is 29.9 Å². The van der Waals surface area contributed by atoms with Crippen LogP contribution in [0.25, 0.3) is 5.57 Å². The van der Waals surface area contributed by atoms with Crippen molar-refractivity contribution in [2.24, 2.45) is 0 Å². The highest BCUT2D eigenvalue weighted by atomic mass is 16.5. The van der Waals surface area contributed by atoms with Crippen molar-refractivity contribution in [1.82, 2.24) is 0 Å². The predicted octanol–water partition coefficient (Wildman–Crippen LogP) is 3.33. The number of allylic oxidation sites excluding steroid dienone is 1. The largest absolute Gasteiger partial charge is 0.497 e. The molecule has 2 heteroatoms. The molecule has 0 amide bonds. The Hall–Kier alpha value is -1.44. The molecule has 16 heavy (non-hydrogen) atoms. The van der Waals surface area contributed by atoms with Crippen LogP contribution in [0.3, 0.4) is 0 Å². The Kier molecular flexibility index (Phi) is 2.90. The van der Waals surface area contributed by atoms with Gasteiger partial charge in [0.25, 0.3) is 0 Å². The number of methoxy groups -OCH3 is 1. The quantitative estimate of drug-likeness (QED) is 0.753. The van der Waals surface area contributed by atoms with E-state index in [2.05, 4.69) is 43.9 Å². The van der Waals surface area contributed by atoms with E-state index in [1.165, 1.54) is 16.8 Å². The van der Waals surface area contributed by atoms with E-state index in [4.69, 9.17) is 4.74 Å². The van der Waals surface area contributed by atoms with Gasteiger partial charge in [-0.3, -0.25) is 0 Å². The highest BCUT2D eigenvalue weighted by molar-refractivity contribution is 5.80. The van der Waals surface area contributed by atoms with Crippen LogP contribution in [0.4, 0.5) is 5.69 Å². The molecule has 1 unspecified atom stereocenters. The van der Waals surface area contributed by atoms with Crippen LogP contribution in [0.1, 0.15) is 26.3 Å². The van der Waals surface area contributed by atoms with E-state index in [0.29, 0.717) is 6.04 Å². The van der Waals surface area contributed by atoms with Gasteiger partial charge in [0.1, 0.15) is 5.75 Å². The number of ether oxygens (including phenoxy) is 1. The Morgan fingerprint density at radius 3 is 2.75 bits per heavy atom. The summed E-state index contributed by atoms with van der Waals surface area (Å²) in [6, 6.07) is 6.77. The minimum atomic E-state index is 0.463. The van der Waals surface area contributed by atoms with Gasteiger partial charge >= 0.3 is 0 Å². The second-order valence-corrected chi connectivity index (χ2v) is 4.26. The molecule has 0 fully saturated rings. The number of hydrogen-bond donors (Lipinski definition) is 0. The number of fused-ring (bicyclic) bond motifs is 1. The van der Waals surface area contributed by atoms with Crippen molar-refractivity contribution >= 4 is 11.3 Å². The standard InChI is InChI=1S/C14H19NO/c1-5-15-11(3)8-10(2)13-7-6-12(16-4)9-14(13)15/h6-9,11H,5H2,1-4H3. The minimum absolute atomic E-state index is 0.463. The van der Waals surface area contributed by atoms with Crippen LogP contribution in [0.5, 0.6) is 5.75 Å². The summed E-state index contributed by atoms with van der Waals surface area (Å²) < 4.78 is 5.30. The fourth-order valence-corrected chi connectivity index (χ4v) is 2.43. The van der Waals surface area contributed by atoms with Crippen molar-refractivity contribution in [3.63, 3.8) is 0 Å². The average Bonchev–Trinajstić information content (AvgIpc) is 2.28. The molecule has 0 bridgehead atoms. The van der Waals surface area contributed by atoms with Crippen LogP contribution in [0.15, 0.2) is 24.3 Å². The van der Waals surface area contributed by atoms with Gasteiger partial charge in [-0.2, -0.15) is 0 Å². The van der Waals surface area contributed by atoms with Crippen molar-refractivity contribution in [1.29, 1.82) is 0 Å². The van der Waals surface area contributed by atoms with Crippen molar-refractivity contribution < 1.29 is 4.74 Å². The van der Waals surface area contributed by atoms with Crippen LogP contribution in [-0.2, 0) is 0 Å². The number of rotatable bonds is 2. The van der Waals surface area contributed by atoms with Crippen LogP contribution in [0.2, 0.25) is 0 Å². The minimum Gasteiger partial charge on any atom is -0.497 e. The summed E-state index contributed by atoms with van der Waals surface area (Å²) in [5, 5.41) is 0. The molecular weight excluding hydrogens is 198 g/mol. The molecule has 0 aliphatic carbocycles. The Labute approximate surface area is 97.5 Å². The number of hydrogen-bond acceptors (Lipinski definition) is 2. The van der Waals surface area contributed by atoms with Crippen molar-refractivity contribution in [2.45, 2.75) is 26.8 Å². The zero-order valence-corrected chi connectivity index (χ0v) is 10.4. The fraction of sp³-hybridized carbons (Fsp3) is 0.429. The van der Waals surface area contributed by atoms with E-state index in [1.807, 2.05) is 6.07 Å². The monoisotopic (exact) mass is 217 g/mol. The molecular formula is C14H19NO. The lowest BCUT2D eigenvalue weighted by Crippen LogP contribution is -2.34. The molecule has 0 spiro atoms. The molecule has 86 valence electrons. The molecule has 1 aromatic rings. The Bertz CT molecular complexity index is 423. The number of benzene rings is 1. The molecule has 0 N–H and O–H groups in total. The summed E-state index contributed by atoms with van der Waals surface area (Å²) in [7, 11) is 1.72. The van der Waals surface area contributed by atoms with Crippen LogP contribution >= 0.6 is 0 Å². The van der Waals surface area contributed by atoms with E-state index >= 15 is 0 Å². The van der Waals surface area contributed by atoms with E-state index < -0.39 is 0 Å². The second-order valence-electron chi connectivity index (χ2n) is 4.26. The normalized spacial score (nSPS) is 19.1. The van der Waals surface area contributed by atoms with Crippen molar-refractivity contribution in [3.8, 4) is 5.75 Å². The molecule has 0 aromatic heterocycles. The van der Waals surface area contributed by atoms with E-state index in [0.717, 1.165) is 12.3 Å². The first-order chi connectivity index (χ1) is 7.67. The van der Waals surface area contributed by atoms with Gasteiger partial charge in [-0.15, -0.1) is 0 Å². The molecule has 0 radical (unpaired) electrons. The third-order valence-electron chi connectivity index (χ3n) is 3.26. The molecule has 2 nitrogen and oxygen atoms in total. The first-order valence-corrected chi connectivity index (χ1v) is 5.80. The first-order valence-electron chi connectivity index (χ1n) is 5.80. The maximum atomic E-state index is 5.30. The highest BCUT2D eigenvalue weighted by Gasteiger charge is 2.21. The summed E-state index contributed by atoms with van der Waals surface area (Å²) in [4.78, 5) is 2.39. The van der Waals surface area contributed by atoms with Crippen molar-refractivity contribution in [3.05, 3.63) is 29.8 Å². The van der Waals surface area contributed by atoms with Gasteiger partial charge in [-0.25, -0.2) is 0 Å².